The van der Waals surface area contributed by atoms with Gasteiger partial charge in [0.1, 0.15) is 5.75 Å². The summed E-state index contributed by atoms with van der Waals surface area (Å²) in [4.78, 5) is 3.64. The lowest BCUT2D eigenvalue weighted by Crippen LogP contribution is -2.01. The van der Waals surface area contributed by atoms with Crippen molar-refractivity contribution >= 4 is 10.8 Å². The normalized spacial score (nSPS) is 10.9. The predicted molar refractivity (Wildman–Crippen MR) is 50.0 cm³/mol. The fourth-order valence-corrected chi connectivity index (χ4v) is 1.31. The van der Waals surface area contributed by atoms with Gasteiger partial charge < -0.3 is 9.84 Å². The molecule has 2 rings (SSSR count). The van der Waals surface area contributed by atoms with Gasteiger partial charge in [0.15, 0.2) is 0 Å². The Hall–Kier alpha value is -1.91. The van der Waals surface area contributed by atoms with Crippen molar-refractivity contribution in [3.63, 3.8) is 0 Å². The van der Waals surface area contributed by atoms with Crippen LogP contribution >= 0.6 is 0 Å². The minimum absolute atomic E-state index is 0.000741. The highest BCUT2D eigenvalue weighted by molar-refractivity contribution is 5.87. The SMILES string of the molecule is Oc1nccc2ccc(OC(F)F)cc12. The molecule has 0 aliphatic rings. The molecule has 0 aliphatic carbocycles. The van der Waals surface area contributed by atoms with E-state index in [1.165, 1.54) is 18.3 Å². The fourth-order valence-electron chi connectivity index (χ4n) is 1.31. The molecular weight excluding hydrogens is 204 g/mol. The van der Waals surface area contributed by atoms with Crippen molar-refractivity contribution in [2.24, 2.45) is 0 Å². The topological polar surface area (TPSA) is 42.4 Å². The summed E-state index contributed by atoms with van der Waals surface area (Å²) < 4.78 is 28.0. The van der Waals surface area contributed by atoms with E-state index in [4.69, 9.17) is 0 Å². The van der Waals surface area contributed by atoms with Crippen molar-refractivity contribution in [3.05, 3.63) is 30.5 Å². The van der Waals surface area contributed by atoms with Gasteiger partial charge in [-0.25, -0.2) is 4.98 Å². The Morgan fingerprint density at radius 1 is 1.27 bits per heavy atom. The van der Waals surface area contributed by atoms with Crippen LogP contribution in [0.25, 0.3) is 10.8 Å². The molecule has 15 heavy (non-hydrogen) atoms. The van der Waals surface area contributed by atoms with Crippen LogP contribution < -0.4 is 4.74 Å². The third kappa shape index (κ3) is 1.96. The molecule has 0 fully saturated rings. The van der Waals surface area contributed by atoms with E-state index in [0.717, 1.165) is 0 Å². The Morgan fingerprint density at radius 3 is 2.80 bits per heavy atom. The first-order valence-electron chi connectivity index (χ1n) is 4.19. The van der Waals surface area contributed by atoms with Crippen LogP contribution in [0, 0.1) is 0 Å². The second-order valence-electron chi connectivity index (χ2n) is 2.90. The summed E-state index contributed by atoms with van der Waals surface area (Å²) in [6.45, 7) is -2.87. The van der Waals surface area contributed by atoms with Crippen molar-refractivity contribution in [2.45, 2.75) is 6.61 Å². The number of aromatic nitrogens is 1. The molecule has 0 bridgehead atoms. The molecule has 1 aromatic carbocycles. The summed E-state index contributed by atoms with van der Waals surface area (Å²) in [6, 6.07) is 5.98. The summed E-state index contributed by atoms with van der Waals surface area (Å²) in [5, 5.41) is 10.5. The van der Waals surface area contributed by atoms with Gasteiger partial charge in [-0.2, -0.15) is 8.78 Å². The van der Waals surface area contributed by atoms with E-state index in [2.05, 4.69) is 9.72 Å². The van der Waals surface area contributed by atoms with Crippen LogP contribution in [-0.2, 0) is 0 Å². The van der Waals surface area contributed by atoms with E-state index in [-0.39, 0.29) is 11.6 Å². The zero-order chi connectivity index (χ0) is 10.8. The summed E-state index contributed by atoms with van der Waals surface area (Å²) in [6.07, 6.45) is 1.44. The molecule has 1 N–H and O–H groups in total. The molecule has 0 radical (unpaired) electrons. The Morgan fingerprint density at radius 2 is 2.07 bits per heavy atom. The van der Waals surface area contributed by atoms with Crippen LogP contribution in [0.3, 0.4) is 0 Å². The molecular formula is C10H7F2NO2. The van der Waals surface area contributed by atoms with Gasteiger partial charge in [-0.05, 0) is 23.6 Å². The number of benzene rings is 1. The summed E-state index contributed by atoms with van der Waals surface area (Å²) >= 11 is 0. The highest BCUT2D eigenvalue weighted by Crippen LogP contribution is 2.26. The van der Waals surface area contributed by atoms with Gasteiger partial charge in [0, 0.05) is 11.6 Å². The van der Waals surface area contributed by atoms with Gasteiger partial charge in [0.2, 0.25) is 5.88 Å². The number of ether oxygens (including phenoxy) is 1. The Labute approximate surface area is 83.9 Å². The van der Waals surface area contributed by atoms with Gasteiger partial charge in [-0.15, -0.1) is 0 Å². The monoisotopic (exact) mass is 211 g/mol. The number of rotatable bonds is 2. The molecule has 78 valence electrons. The zero-order valence-corrected chi connectivity index (χ0v) is 7.52. The summed E-state index contributed by atoms with van der Waals surface area (Å²) in [5.74, 6) is -0.201. The second-order valence-corrected chi connectivity index (χ2v) is 2.90. The molecule has 0 spiro atoms. The maximum absolute atomic E-state index is 11.9. The van der Waals surface area contributed by atoms with E-state index in [1.54, 1.807) is 12.1 Å². The first kappa shape index (κ1) is 9.64. The number of aromatic hydroxyl groups is 1. The van der Waals surface area contributed by atoms with E-state index in [0.29, 0.717) is 10.8 Å². The zero-order valence-electron chi connectivity index (χ0n) is 7.52. The number of halogens is 2. The third-order valence-electron chi connectivity index (χ3n) is 1.94. The number of hydrogen-bond donors (Lipinski definition) is 1. The van der Waals surface area contributed by atoms with Crippen molar-refractivity contribution in [1.29, 1.82) is 0 Å². The van der Waals surface area contributed by atoms with Crippen LogP contribution in [0.5, 0.6) is 11.6 Å². The lowest BCUT2D eigenvalue weighted by atomic mass is 10.1. The van der Waals surface area contributed by atoms with Gasteiger partial charge in [0.05, 0.1) is 0 Å². The molecule has 3 nitrogen and oxygen atoms in total. The van der Waals surface area contributed by atoms with E-state index in [1.807, 2.05) is 0 Å². The highest BCUT2D eigenvalue weighted by Gasteiger charge is 2.06. The van der Waals surface area contributed by atoms with E-state index in [9.17, 15) is 13.9 Å². The van der Waals surface area contributed by atoms with Crippen LogP contribution in [0.4, 0.5) is 8.78 Å². The van der Waals surface area contributed by atoms with E-state index < -0.39 is 6.61 Å². The van der Waals surface area contributed by atoms with Crippen LogP contribution in [0.2, 0.25) is 0 Å². The van der Waals surface area contributed by atoms with Gasteiger partial charge in [0.25, 0.3) is 0 Å². The first-order valence-corrected chi connectivity index (χ1v) is 4.19. The minimum atomic E-state index is -2.87. The first-order chi connectivity index (χ1) is 7.16. The molecule has 0 amide bonds. The fraction of sp³-hybridized carbons (Fsp3) is 0.100. The van der Waals surface area contributed by atoms with Gasteiger partial charge in [-0.1, -0.05) is 6.07 Å². The van der Waals surface area contributed by atoms with Crippen LogP contribution in [-0.4, -0.2) is 16.7 Å². The largest absolute Gasteiger partial charge is 0.493 e. The molecule has 1 heterocycles. The standard InChI is InChI=1S/C10H7F2NO2/c11-10(12)15-7-2-1-6-3-4-13-9(14)8(6)5-7/h1-5,10H,(H,13,14). The quantitative estimate of drug-likeness (QED) is 0.829. The summed E-state index contributed by atoms with van der Waals surface area (Å²) in [5.41, 5.74) is 0. The molecule has 0 unspecified atom stereocenters. The van der Waals surface area contributed by atoms with Crippen LogP contribution in [0.15, 0.2) is 30.5 Å². The van der Waals surface area contributed by atoms with Crippen molar-refractivity contribution in [3.8, 4) is 11.6 Å². The molecule has 2 aromatic rings. The van der Waals surface area contributed by atoms with Crippen molar-refractivity contribution in [1.82, 2.24) is 4.98 Å². The lowest BCUT2D eigenvalue weighted by Gasteiger charge is -2.05. The Kier molecular flexibility index (Phi) is 2.37. The van der Waals surface area contributed by atoms with Gasteiger partial charge in [-0.3, -0.25) is 0 Å². The minimum Gasteiger partial charge on any atom is -0.493 e. The average Bonchev–Trinajstić information content (AvgIpc) is 2.18. The number of pyridine rings is 1. The summed E-state index contributed by atoms with van der Waals surface area (Å²) in [7, 11) is 0. The van der Waals surface area contributed by atoms with Crippen molar-refractivity contribution in [2.75, 3.05) is 0 Å². The third-order valence-corrected chi connectivity index (χ3v) is 1.94. The molecule has 5 heteroatoms. The Bertz CT molecular complexity index is 488. The maximum atomic E-state index is 11.9. The van der Waals surface area contributed by atoms with Gasteiger partial charge >= 0.3 is 6.61 Å². The van der Waals surface area contributed by atoms with Crippen LogP contribution in [0.1, 0.15) is 0 Å². The highest BCUT2D eigenvalue weighted by atomic mass is 19.3. The maximum Gasteiger partial charge on any atom is 0.387 e. The smallest absolute Gasteiger partial charge is 0.387 e. The number of alkyl halides is 2. The number of hydrogen-bond acceptors (Lipinski definition) is 3. The average molecular weight is 211 g/mol. The molecule has 0 aliphatic heterocycles. The molecule has 0 saturated carbocycles. The Balaban J connectivity index is 2.50. The molecule has 1 aromatic heterocycles. The number of nitrogens with zero attached hydrogens (tertiary/aromatic N) is 1. The number of fused-ring (bicyclic) bond motifs is 1. The van der Waals surface area contributed by atoms with Crippen molar-refractivity contribution < 1.29 is 18.6 Å². The van der Waals surface area contributed by atoms with E-state index >= 15 is 0 Å². The lowest BCUT2D eigenvalue weighted by molar-refractivity contribution is -0.0497. The molecule has 0 atom stereocenters. The second kappa shape index (κ2) is 3.68. The predicted octanol–water partition coefficient (Wildman–Crippen LogP) is 2.54. The molecule has 0 saturated heterocycles.